The molecule has 1 aliphatic rings. The molecule has 2 heteroatoms. The molecule has 0 aliphatic carbocycles. The summed E-state index contributed by atoms with van der Waals surface area (Å²) in [6.45, 7) is 7.54. The van der Waals surface area contributed by atoms with Gasteiger partial charge < -0.3 is 5.32 Å². The van der Waals surface area contributed by atoms with Crippen LogP contribution in [-0.4, -0.2) is 18.9 Å². The van der Waals surface area contributed by atoms with Crippen molar-refractivity contribution in [2.24, 2.45) is 11.8 Å². The fraction of sp³-hybridized carbons (Fsp3) is 0.667. The predicted octanol–water partition coefficient (Wildman–Crippen LogP) is 0.987. The number of nitrogens with one attached hydrogen (secondary N) is 1. The third kappa shape index (κ3) is 1.90. The van der Waals surface area contributed by atoms with Crippen LogP contribution in [0.2, 0.25) is 0 Å². The Morgan fingerprint density at radius 3 is 3.00 bits per heavy atom. The summed E-state index contributed by atoms with van der Waals surface area (Å²) < 4.78 is 0. The Bertz CT molecular complexity index is 165. The number of rotatable bonds is 2. The molecule has 0 aromatic heterocycles. The van der Waals surface area contributed by atoms with Gasteiger partial charge in [-0.15, -0.1) is 0 Å². The quantitative estimate of drug-likeness (QED) is 0.599. The number of allylic oxidation sites excluding steroid dienone is 1. The molecule has 0 spiro atoms. The number of piperidine rings is 1. The lowest BCUT2D eigenvalue weighted by atomic mass is 9.85. The highest BCUT2D eigenvalue weighted by Crippen LogP contribution is 2.19. The number of ketones is 1. The molecule has 0 bridgehead atoms. The van der Waals surface area contributed by atoms with E-state index in [-0.39, 0.29) is 11.7 Å². The highest BCUT2D eigenvalue weighted by atomic mass is 16.1. The molecule has 0 radical (unpaired) electrons. The van der Waals surface area contributed by atoms with Gasteiger partial charge >= 0.3 is 0 Å². The van der Waals surface area contributed by atoms with Crippen LogP contribution >= 0.6 is 0 Å². The van der Waals surface area contributed by atoms with Gasteiger partial charge in [-0.1, -0.05) is 13.5 Å². The molecule has 1 rings (SSSR count). The van der Waals surface area contributed by atoms with Gasteiger partial charge in [-0.25, -0.2) is 0 Å². The van der Waals surface area contributed by atoms with Gasteiger partial charge in [0.15, 0.2) is 5.78 Å². The lowest BCUT2D eigenvalue weighted by molar-refractivity contribution is -0.120. The van der Waals surface area contributed by atoms with Crippen molar-refractivity contribution in [1.82, 2.24) is 5.32 Å². The third-order valence-electron chi connectivity index (χ3n) is 2.35. The van der Waals surface area contributed by atoms with Crippen molar-refractivity contribution in [3.05, 3.63) is 12.7 Å². The van der Waals surface area contributed by atoms with Crippen LogP contribution in [0.5, 0.6) is 0 Å². The van der Waals surface area contributed by atoms with Crippen molar-refractivity contribution in [3.63, 3.8) is 0 Å². The van der Waals surface area contributed by atoms with Gasteiger partial charge in [-0.3, -0.25) is 4.79 Å². The molecule has 62 valence electrons. The van der Waals surface area contributed by atoms with E-state index in [0.29, 0.717) is 5.92 Å². The second-order valence-electron chi connectivity index (χ2n) is 3.18. The highest BCUT2D eigenvalue weighted by molar-refractivity contribution is 5.91. The van der Waals surface area contributed by atoms with Crippen molar-refractivity contribution >= 4 is 5.78 Å². The van der Waals surface area contributed by atoms with Gasteiger partial charge in [0, 0.05) is 5.92 Å². The molecule has 2 atom stereocenters. The number of carbonyl (C=O) groups is 1. The number of carbonyl (C=O) groups excluding carboxylic acids is 1. The van der Waals surface area contributed by atoms with Crippen LogP contribution in [0.25, 0.3) is 0 Å². The zero-order valence-corrected chi connectivity index (χ0v) is 6.97. The van der Waals surface area contributed by atoms with Crippen molar-refractivity contribution in [2.45, 2.75) is 13.3 Å². The first kappa shape index (κ1) is 8.47. The average Bonchev–Trinajstić information content (AvgIpc) is 2.04. The summed E-state index contributed by atoms with van der Waals surface area (Å²) in [5.74, 6) is 0.891. The molecule has 0 saturated carbocycles. The summed E-state index contributed by atoms with van der Waals surface area (Å²) in [7, 11) is 0. The molecule has 0 aromatic rings. The van der Waals surface area contributed by atoms with Gasteiger partial charge in [0.1, 0.15) is 0 Å². The fourth-order valence-corrected chi connectivity index (χ4v) is 1.59. The van der Waals surface area contributed by atoms with E-state index >= 15 is 0 Å². The van der Waals surface area contributed by atoms with Crippen molar-refractivity contribution in [3.8, 4) is 0 Å². The standard InChI is InChI=1S/C9H15NO/c1-3-9(11)8-4-5-10-6-7(8)2/h3,7-8,10H,1,4-6H2,2H3. The van der Waals surface area contributed by atoms with Crippen LogP contribution in [-0.2, 0) is 4.79 Å². The number of hydrogen-bond donors (Lipinski definition) is 1. The molecule has 1 N–H and O–H groups in total. The van der Waals surface area contributed by atoms with E-state index in [1.54, 1.807) is 0 Å². The molecule has 0 aromatic carbocycles. The Morgan fingerprint density at radius 1 is 1.73 bits per heavy atom. The molecule has 2 unspecified atom stereocenters. The second kappa shape index (κ2) is 3.67. The van der Waals surface area contributed by atoms with Gasteiger partial charge in [-0.2, -0.15) is 0 Å². The lowest BCUT2D eigenvalue weighted by Gasteiger charge is -2.27. The maximum Gasteiger partial charge on any atom is 0.158 e. The van der Waals surface area contributed by atoms with Crippen LogP contribution in [0.1, 0.15) is 13.3 Å². The van der Waals surface area contributed by atoms with Gasteiger partial charge in [0.2, 0.25) is 0 Å². The van der Waals surface area contributed by atoms with Crippen LogP contribution in [0.15, 0.2) is 12.7 Å². The largest absolute Gasteiger partial charge is 0.316 e. The van der Waals surface area contributed by atoms with E-state index in [1.165, 1.54) is 6.08 Å². The Kier molecular flexibility index (Phi) is 2.83. The minimum Gasteiger partial charge on any atom is -0.316 e. The van der Waals surface area contributed by atoms with Crippen molar-refractivity contribution in [1.29, 1.82) is 0 Å². The second-order valence-corrected chi connectivity index (χ2v) is 3.18. The first-order valence-electron chi connectivity index (χ1n) is 4.12. The van der Waals surface area contributed by atoms with Gasteiger partial charge in [0.25, 0.3) is 0 Å². The number of hydrogen-bond acceptors (Lipinski definition) is 2. The first-order chi connectivity index (χ1) is 5.25. The van der Waals surface area contributed by atoms with Crippen LogP contribution in [0.4, 0.5) is 0 Å². The van der Waals surface area contributed by atoms with Crippen LogP contribution < -0.4 is 5.32 Å². The van der Waals surface area contributed by atoms with E-state index in [2.05, 4.69) is 18.8 Å². The summed E-state index contributed by atoms with van der Waals surface area (Å²) >= 11 is 0. The monoisotopic (exact) mass is 153 g/mol. The van der Waals surface area contributed by atoms with Crippen molar-refractivity contribution in [2.75, 3.05) is 13.1 Å². The van der Waals surface area contributed by atoms with E-state index < -0.39 is 0 Å². The molecule has 1 heterocycles. The van der Waals surface area contributed by atoms with Gasteiger partial charge in [-0.05, 0) is 31.5 Å². The molecule has 0 amide bonds. The summed E-state index contributed by atoms with van der Waals surface area (Å²) in [4.78, 5) is 11.2. The van der Waals surface area contributed by atoms with E-state index in [1.807, 2.05) is 0 Å². The van der Waals surface area contributed by atoms with E-state index in [9.17, 15) is 4.79 Å². The Balaban J connectivity index is 2.53. The Morgan fingerprint density at radius 2 is 2.45 bits per heavy atom. The first-order valence-corrected chi connectivity index (χ1v) is 4.12. The SMILES string of the molecule is C=CC(=O)C1CCNCC1C. The maximum absolute atomic E-state index is 11.2. The van der Waals surface area contributed by atoms with Gasteiger partial charge in [0.05, 0.1) is 0 Å². The third-order valence-corrected chi connectivity index (χ3v) is 2.35. The molecule has 11 heavy (non-hydrogen) atoms. The van der Waals surface area contributed by atoms with Crippen molar-refractivity contribution < 1.29 is 4.79 Å². The minimum atomic E-state index is 0.207. The molecule has 1 saturated heterocycles. The zero-order valence-electron chi connectivity index (χ0n) is 6.97. The van der Waals surface area contributed by atoms with Crippen LogP contribution in [0, 0.1) is 11.8 Å². The normalized spacial score (nSPS) is 31.4. The lowest BCUT2D eigenvalue weighted by Crippen LogP contribution is -2.38. The topological polar surface area (TPSA) is 29.1 Å². The predicted molar refractivity (Wildman–Crippen MR) is 45.3 cm³/mol. The molecule has 1 fully saturated rings. The molecular formula is C9H15NO. The van der Waals surface area contributed by atoms with E-state index in [4.69, 9.17) is 0 Å². The maximum atomic E-state index is 11.2. The minimum absolute atomic E-state index is 0.207. The fourth-order valence-electron chi connectivity index (χ4n) is 1.59. The summed E-state index contributed by atoms with van der Waals surface area (Å²) in [5.41, 5.74) is 0. The Hall–Kier alpha value is -0.630. The van der Waals surface area contributed by atoms with Crippen LogP contribution in [0.3, 0.4) is 0 Å². The zero-order chi connectivity index (χ0) is 8.27. The molecular weight excluding hydrogens is 138 g/mol. The smallest absolute Gasteiger partial charge is 0.158 e. The molecule has 1 aliphatic heterocycles. The average molecular weight is 153 g/mol. The highest BCUT2D eigenvalue weighted by Gasteiger charge is 2.25. The summed E-state index contributed by atoms with van der Waals surface area (Å²) in [6, 6.07) is 0. The van der Waals surface area contributed by atoms with E-state index in [0.717, 1.165) is 19.5 Å². The summed E-state index contributed by atoms with van der Waals surface area (Å²) in [6.07, 6.45) is 2.42. The molecule has 2 nitrogen and oxygen atoms in total. The summed E-state index contributed by atoms with van der Waals surface area (Å²) in [5, 5.41) is 3.26. The Labute approximate surface area is 67.7 Å².